The van der Waals surface area contributed by atoms with Crippen LogP contribution in [-0.2, 0) is 40.6 Å². The summed E-state index contributed by atoms with van der Waals surface area (Å²) in [4.78, 5) is 0. The average molecular weight is 1530 g/mol. The molecule has 604 valence electrons. The molecule has 11 N–H and O–H groups in total. The molecule has 8 aromatic rings. The molecule has 0 aliphatic carbocycles. The van der Waals surface area contributed by atoms with Gasteiger partial charge in [0.25, 0.3) is 0 Å². The zero-order valence-corrected chi connectivity index (χ0v) is 67.5. The lowest BCUT2D eigenvalue weighted by atomic mass is 9.78. The summed E-state index contributed by atoms with van der Waals surface area (Å²) in [5.41, 5.74) is 24.8. The highest BCUT2D eigenvalue weighted by molar-refractivity contribution is 5.46. The Bertz CT molecular complexity index is 3780. The number of nitrogens with two attached hydrogens (primary N) is 3. The molecule has 10 rings (SSSR count). The molecular weight excluding hydrogens is 1410 g/mol. The summed E-state index contributed by atoms with van der Waals surface area (Å²) < 4.78 is 67.7. The van der Waals surface area contributed by atoms with Crippen LogP contribution in [0.15, 0.2) is 194 Å². The van der Waals surface area contributed by atoms with Crippen LogP contribution in [0, 0.1) is 0 Å². The predicted molar refractivity (Wildman–Crippen MR) is 438 cm³/mol. The van der Waals surface area contributed by atoms with Gasteiger partial charge in [-0.15, -0.1) is 0 Å². The van der Waals surface area contributed by atoms with E-state index in [2.05, 4.69) is 121 Å². The van der Waals surface area contributed by atoms with Crippen molar-refractivity contribution in [1.29, 1.82) is 0 Å². The van der Waals surface area contributed by atoms with Gasteiger partial charge >= 0.3 is 0 Å². The van der Waals surface area contributed by atoms with E-state index >= 15 is 0 Å². The second-order valence-corrected chi connectivity index (χ2v) is 31.4. The molecule has 2 fully saturated rings. The summed E-state index contributed by atoms with van der Waals surface area (Å²) in [5, 5.41) is 44.6. The van der Waals surface area contributed by atoms with Gasteiger partial charge in [-0.3, -0.25) is 0 Å². The Hall–Kier alpha value is -8.32. The van der Waals surface area contributed by atoms with Gasteiger partial charge in [-0.25, -0.2) is 0 Å². The first-order valence-electron chi connectivity index (χ1n) is 38.9. The van der Waals surface area contributed by atoms with E-state index in [0.717, 1.165) is 52.7 Å². The minimum atomic E-state index is -0.812. The number of rotatable bonds is 44. The van der Waals surface area contributed by atoms with E-state index in [-0.39, 0.29) is 97.7 Å². The minimum absolute atomic E-state index is 0.0000891. The fraction of sp³-hybridized carbons (Fsp3) is 0.473. The summed E-state index contributed by atoms with van der Waals surface area (Å²) in [5.74, 6) is 5.87. The van der Waals surface area contributed by atoms with Crippen LogP contribution in [0.2, 0.25) is 0 Å². The first kappa shape index (κ1) is 88.2. The number of aliphatic hydroxyl groups is 4. The smallest absolute Gasteiger partial charge is 0.122 e. The van der Waals surface area contributed by atoms with Crippen molar-refractivity contribution in [2.24, 2.45) is 17.2 Å². The van der Waals surface area contributed by atoms with Crippen LogP contribution in [-0.4, -0.2) is 180 Å². The number of hydrogen-bond donors (Lipinski definition) is 8. The van der Waals surface area contributed by atoms with Crippen LogP contribution in [0.5, 0.6) is 46.0 Å². The fourth-order valence-electron chi connectivity index (χ4n) is 11.8. The first-order chi connectivity index (χ1) is 53.0. The second-order valence-electron chi connectivity index (χ2n) is 31.4. The standard InChI is InChI=1S/C46H64N2O8.C39H44O7.C6H16N2O/c1-8-38(49)28-53-41-17-9-34(10-18-41)45(4,5)36-13-21-43(22-14-36)55-30-40(51)31-56-44-23-15-37(16-24-44)46(6,7)35-11-19-42(20-12-35)54-29-39(50)25-48-33(3)27-52-26-32(2)47;1-38(2,29-9-17-34(18-10-29)43-23-36-25-45-36)27-5-13-32(14-6-27)41-21-31(40)22-42-33-15-7-28(8-16-33)39(3,4)30-11-19-35(20-12-30)44-24-37-26-46-37;1-5(7)3-9-4-6(2)8/h9-24,32-33,38-40,48-51H,8,25-31,47H2,1-7H3;5-20,31,36-37,40H,21-26H2,1-4H3;5-6H,3-4,7-8H2,1-2H3. The Labute approximate surface area is 659 Å². The summed E-state index contributed by atoms with van der Waals surface area (Å²) in [6, 6.07) is 64.7. The summed E-state index contributed by atoms with van der Waals surface area (Å²) in [6.07, 6.45) is -1.57. The Morgan fingerprint density at radius 1 is 0.315 bits per heavy atom. The van der Waals surface area contributed by atoms with Gasteiger partial charge in [0.15, 0.2) is 0 Å². The van der Waals surface area contributed by atoms with Crippen molar-refractivity contribution in [3.8, 4) is 46.0 Å². The summed E-state index contributed by atoms with van der Waals surface area (Å²) >= 11 is 0. The predicted octanol–water partition coefficient (Wildman–Crippen LogP) is 12.8. The molecule has 2 heterocycles. The normalized spacial score (nSPS) is 16.3. The quantitative estimate of drug-likeness (QED) is 0.0165. The molecule has 20 heteroatoms. The lowest BCUT2D eigenvalue weighted by Crippen LogP contribution is -2.39. The third-order valence-electron chi connectivity index (χ3n) is 19.6. The third kappa shape index (κ3) is 29.6. The number of aliphatic hydroxyl groups excluding tert-OH is 4. The average Bonchev–Trinajstić information content (AvgIpc) is 1.40. The third-order valence-corrected chi connectivity index (χ3v) is 19.6. The van der Waals surface area contributed by atoms with Crippen LogP contribution >= 0.6 is 0 Å². The summed E-state index contributed by atoms with van der Waals surface area (Å²) in [6.45, 7) is 33.4. The van der Waals surface area contributed by atoms with Crippen molar-refractivity contribution in [3.63, 3.8) is 0 Å². The van der Waals surface area contributed by atoms with Gasteiger partial charge in [-0.2, -0.15) is 0 Å². The lowest BCUT2D eigenvalue weighted by molar-refractivity contribution is 0.0626. The van der Waals surface area contributed by atoms with E-state index in [4.69, 9.17) is 74.0 Å². The molecule has 20 nitrogen and oxygen atoms in total. The SMILES string of the molecule is CC(C)(c1ccc(OCC(O)COc2ccc(C(C)(C)c3ccc(OCC4CO4)cc3)cc2)cc1)c1ccc(OCC2CO2)cc1.CC(N)COCC(C)N.CCC(O)COc1ccc(C(C)(C)c2ccc(OCC(O)COc3ccc(C(C)(C)c4ccc(OCC(O)CNC(C)COCC(C)N)cc4)cc3)cc2)cc1. The molecule has 0 spiro atoms. The summed E-state index contributed by atoms with van der Waals surface area (Å²) in [7, 11) is 0. The van der Waals surface area contributed by atoms with Gasteiger partial charge in [0.05, 0.1) is 45.7 Å². The fourth-order valence-corrected chi connectivity index (χ4v) is 11.8. The number of nitrogens with one attached hydrogen (secondary N) is 1. The lowest BCUT2D eigenvalue weighted by Gasteiger charge is -2.27. The molecule has 8 aromatic carbocycles. The highest BCUT2D eigenvalue weighted by Gasteiger charge is 2.29. The molecular formula is C91H124N4O16. The number of benzene rings is 8. The molecule has 2 aliphatic rings. The molecule has 111 heavy (non-hydrogen) atoms. The van der Waals surface area contributed by atoms with Crippen LogP contribution in [0.25, 0.3) is 0 Å². The van der Waals surface area contributed by atoms with Crippen molar-refractivity contribution in [3.05, 3.63) is 239 Å². The van der Waals surface area contributed by atoms with E-state index in [1.54, 1.807) is 0 Å². The Morgan fingerprint density at radius 3 is 0.721 bits per heavy atom. The Kier molecular flexibility index (Phi) is 34.2. The van der Waals surface area contributed by atoms with Crippen molar-refractivity contribution >= 4 is 0 Å². The molecule has 0 radical (unpaired) electrons. The zero-order chi connectivity index (χ0) is 80.1. The van der Waals surface area contributed by atoms with Crippen molar-refractivity contribution in [2.45, 2.75) is 179 Å². The van der Waals surface area contributed by atoms with E-state index in [0.29, 0.717) is 81.4 Å². The van der Waals surface area contributed by atoms with Crippen LogP contribution in [0.4, 0.5) is 0 Å². The van der Waals surface area contributed by atoms with Gasteiger partial charge in [0.2, 0.25) is 0 Å². The molecule has 2 aliphatic heterocycles. The Balaban J connectivity index is 0.000000254. The monoisotopic (exact) mass is 1530 g/mol. The maximum Gasteiger partial charge on any atom is 0.122 e. The minimum Gasteiger partial charge on any atom is -0.491 e. The topological polar surface area (TPSA) is 288 Å². The van der Waals surface area contributed by atoms with Gasteiger partial charge in [-0.05, 0) is 176 Å². The van der Waals surface area contributed by atoms with E-state index in [1.807, 2.05) is 168 Å². The van der Waals surface area contributed by atoms with Crippen LogP contribution in [0.1, 0.15) is 141 Å². The van der Waals surface area contributed by atoms with E-state index in [1.165, 1.54) is 22.3 Å². The van der Waals surface area contributed by atoms with Gasteiger partial charge in [0.1, 0.15) is 129 Å². The number of hydrogen-bond acceptors (Lipinski definition) is 20. The first-order valence-corrected chi connectivity index (χ1v) is 38.9. The maximum absolute atomic E-state index is 10.6. The van der Waals surface area contributed by atoms with Crippen LogP contribution in [0.3, 0.4) is 0 Å². The molecule has 2 saturated heterocycles. The van der Waals surface area contributed by atoms with E-state index < -0.39 is 24.4 Å². The molecule has 0 saturated carbocycles. The van der Waals surface area contributed by atoms with Gasteiger partial charge < -0.3 is 99.8 Å². The highest BCUT2D eigenvalue weighted by atomic mass is 16.6. The van der Waals surface area contributed by atoms with Gasteiger partial charge in [-0.1, -0.05) is 159 Å². The van der Waals surface area contributed by atoms with Crippen molar-refractivity contribution in [2.75, 3.05) is 99.0 Å². The molecule has 9 unspecified atom stereocenters. The maximum atomic E-state index is 10.6. The second kappa shape index (κ2) is 43.1. The molecule has 0 amide bonds. The number of epoxide rings is 2. The molecule has 0 bridgehead atoms. The van der Waals surface area contributed by atoms with E-state index in [9.17, 15) is 20.4 Å². The molecule has 9 atom stereocenters. The van der Waals surface area contributed by atoms with Crippen molar-refractivity contribution in [1.82, 2.24) is 5.32 Å². The van der Waals surface area contributed by atoms with Crippen molar-refractivity contribution < 1.29 is 77.3 Å². The Morgan fingerprint density at radius 2 is 0.514 bits per heavy atom. The molecule has 0 aromatic heterocycles. The number of ether oxygens (including phenoxy) is 12. The van der Waals surface area contributed by atoms with Crippen LogP contribution < -0.4 is 60.4 Å². The highest BCUT2D eigenvalue weighted by Crippen LogP contribution is 2.38. The van der Waals surface area contributed by atoms with Gasteiger partial charge in [0, 0.05) is 52.4 Å². The zero-order valence-electron chi connectivity index (χ0n) is 67.5. The largest absolute Gasteiger partial charge is 0.491 e.